The molecular weight excluding hydrogens is 232 g/mol. The van der Waals surface area contributed by atoms with Gasteiger partial charge in [0.25, 0.3) is 0 Å². The van der Waals surface area contributed by atoms with Crippen molar-refractivity contribution in [1.82, 2.24) is 5.32 Å². The van der Waals surface area contributed by atoms with Crippen LogP contribution in [0.15, 0.2) is 30.3 Å². The highest BCUT2D eigenvalue weighted by molar-refractivity contribution is 7.80. The van der Waals surface area contributed by atoms with E-state index >= 15 is 0 Å². The molecule has 1 rings (SSSR count). The van der Waals surface area contributed by atoms with E-state index < -0.39 is 0 Å². The lowest BCUT2D eigenvalue weighted by molar-refractivity contribution is -0.120. The molecule has 3 N–H and O–H groups in total. The van der Waals surface area contributed by atoms with Crippen LogP contribution in [0.5, 0.6) is 0 Å². The number of carbonyl (C=O) groups excluding carboxylic acids is 1. The highest BCUT2D eigenvalue weighted by Gasteiger charge is 2.01. The Balaban J connectivity index is 2.12. The molecule has 1 aromatic carbocycles. The van der Waals surface area contributed by atoms with Crippen molar-refractivity contribution in [2.75, 3.05) is 6.54 Å². The van der Waals surface area contributed by atoms with Gasteiger partial charge in [-0.25, -0.2) is 0 Å². The number of hydrogen-bond donors (Lipinski definition) is 2. The standard InChI is InChI=1S/C13H18N2OS/c14-12(17)8-4-5-9-15-13(16)10-11-6-2-1-3-7-11/h1-3,6-7H,4-5,8-10H2,(H2,14,17)(H,15,16). The molecule has 0 aliphatic heterocycles. The smallest absolute Gasteiger partial charge is 0.224 e. The largest absolute Gasteiger partial charge is 0.393 e. The maximum atomic E-state index is 11.5. The predicted molar refractivity (Wildman–Crippen MR) is 73.8 cm³/mol. The minimum atomic E-state index is 0.0616. The van der Waals surface area contributed by atoms with Crippen molar-refractivity contribution >= 4 is 23.1 Å². The average molecular weight is 250 g/mol. The quantitative estimate of drug-likeness (QED) is 0.573. The van der Waals surface area contributed by atoms with E-state index in [1.165, 1.54) is 0 Å². The van der Waals surface area contributed by atoms with E-state index in [-0.39, 0.29) is 5.91 Å². The van der Waals surface area contributed by atoms with Crippen LogP contribution in [0.4, 0.5) is 0 Å². The first-order chi connectivity index (χ1) is 8.18. The highest BCUT2D eigenvalue weighted by Crippen LogP contribution is 1.99. The lowest BCUT2D eigenvalue weighted by atomic mass is 10.1. The molecule has 92 valence electrons. The Morgan fingerprint density at radius 3 is 2.59 bits per heavy atom. The maximum Gasteiger partial charge on any atom is 0.224 e. The summed E-state index contributed by atoms with van der Waals surface area (Å²) in [6.45, 7) is 0.689. The third kappa shape index (κ3) is 6.68. The van der Waals surface area contributed by atoms with Crippen LogP contribution in [0, 0.1) is 0 Å². The Morgan fingerprint density at radius 2 is 1.94 bits per heavy atom. The van der Waals surface area contributed by atoms with Gasteiger partial charge in [0.05, 0.1) is 11.4 Å². The summed E-state index contributed by atoms with van der Waals surface area (Å²) in [5, 5.41) is 2.88. The molecule has 1 amide bonds. The lowest BCUT2D eigenvalue weighted by Crippen LogP contribution is -2.26. The zero-order valence-electron chi connectivity index (χ0n) is 9.82. The van der Waals surface area contributed by atoms with E-state index in [9.17, 15) is 4.79 Å². The van der Waals surface area contributed by atoms with Crippen molar-refractivity contribution in [3.63, 3.8) is 0 Å². The van der Waals surface area contributed by atoms with Gasteiger partial charge < -0.3 is 11.1 Å². The number of nitrogens with two attached hydrogens (primary N) is 1. The fourth-order valence-corrected chi connectivity index (χ4v) is 1.64. The van der Waals surface area contributed by atoms with Gasteiger partial charge >= 0.3 is 0 Å². The summed E-state index contributed by atoms with van der Waals surface area (Å²) in [5.41, 5.74) is 6.42. The van der Waals surface area contributed by atoms with E-state index in [0.717, 1.165) is 24.8 Å². The molecule has 1 aromatic rings. The van der Waals surface area contributed by atoms with Crippen molar-refractivity contribution in [2.45, 2.75) is 25.7 Å². The van der Waals surface area contributed by atoms with Crippen LogP contribution < -0.4 is 11.1 Å². The van der Waals surface area contributed by atoms with Crippen LogP contribution in [-0.2, 0) is 11.2 Å². The summed E-state index contributed by atoms with van der Waals surface area (Å²) in [4.78, 5) is 12.1. The van der Waals surface area contributed by atoms with Crippen molar-refractivity contribution in [2.24, 2.45) is 5.73 Å². The normalized spacial score (nSPS) is 9.88. The Morgan fingerprint density at radius 1 is 1.24 bits per heavy atom. The van der Waals surface area contributed by atoms with E-state index in [1.807, 2.05) is 30.3 Å². The molecule has 4 heteroatoms. The number of benzene rings is 1. The minimum absolute atomic E-state index is 0.0616. The first-order valence-corrected chi connectivity index (χ1v) is 6.18. The Labute approximate surface area is 107 Å². The number of amides is 1. The van der Waals surface area contributed by atoms with Gasteiger partial charge in [0.15, 0.2) is 0 Å². The number of hydrogen-bond acceptors (Lipinski definition) is 2. The van der Waals surface area contributed by atoms with Gasteiger partial charge in [-0.3, -0.25) is 4.79 Å². The van der Waals surface area contributed by atoms with Crippen LogP contribution in [0.1, 0.15) is 24.8 Å². The summed E-state index contributed by atoms with van der Waals surface area (Å²) >= 11 is 4.77. The van der Waals surface area contributed by atoms with Crippen molar-refractivity contribution < 1.29 is 4.79 Å². The molecule has 0 aromatic heterocycles. The number of unbranched alkanes of at least 4 members (excludes halogenated alkanes) is 1. The van der Waals surface area contributed by atoms with Crippen molar-refractivity contribution in [3.05, 3.63) is 35.9 Å². The maximum absolute atomic E-state index is 11.5. The third-order valence-corrected chi connectivity index (χ3v) is 2.58. The van der Waals surface area contributed by atoms with Gasteiger partial charge in [0.2, 0.25) is 5.91 Å². The summed E-state index contributed by atoms with van der Waals surface area (Å²) in [7, 11) is 0. The topological polar surface area (TPSA) is 55.1 Å². The summed E-state index contributed by atoms with van der Waals surface area (Å²) in [6.07, 6.45) is 3.04. The fourth-order valence-electron chi connectivity index (χ4n) is 1.50. The lowest BCUT2D eigenvalue weighted by Gasteiger charge is -2.05. The third-order valence-electron chi connectivity index (χ3n) is 2.38. The fraction of sp³-hybridized carbons (Fsp3) is 0.385. The minimum Gasteiger partial charge on any atom is -0.393 e. The first-order valence-electron chi connectivity index (χ1n) is 5.77. The molecule has 0 aliphatic carbocycles. The Hall–Kier alpha value is -1.42. The van der Waals surface area contributed by atoms with E-state index in [0.29, 0.717) is 18.0 Å². The van der Waals surface area contributed by atoms with Crippen LogP contribution in [0.2, 0.25) is 0 Å². The molecule has 0 unspecified atom stereocenters. The second-order valence-electron chi connectivity index (χ2n) is 3.94. The summed E-state index contributed by atoms with van der Waals surface area (Å²) in [6, 6.07) is 9.71. The van der Waals surface area contributed by atoms with Gasteiger partial charge in [-0.1, -0.05) is 42.5 Å². The second kappa shape index (κ2) is 7.79. The Kier molecular flexibility index (Phi) is 6.25. The van der Waals surface area contributed by atoms with Crippen LogP contribution in [-0.4, -0.2) is 17.4 Å². The molecule has 0 saturated heterocycles. The van der Waals surface area contributed by atoms with Crippen molar-refractivity contribution in [1.29, 1.82) is 0 Å². The molecule has 0 spiro atoms. The monoisotopic (exact) mass is 250 g/mol. The molecule has 3 nitrogen and oxygen atoms in total. The number of rotatable bonds is 7. The number of nitrogens with one attached hydrogen (secondary N) is 1. The van der Waals surface area contributed by atoms with E-state index in [4.69, 9.17) is 18.0 Å². The average Bonchev–Trinajstić information content (AvgIpc) is 2.29. The SMILES string of the molecule is NC(=S)CCCCNC(=O)Cc1ccccc1. The van der Waals surface area contributed by atoms with Crippen LogP contribution in [0.3, 0.4) is 0 Å². The molecule has 0 saturated carbocycles. The van der Waals surface area contributed by atoms with Crippen LogP contribution >= 0.6 is 12.2 Å². The molecule has 17 heavy (non-hydrogen) atoms. The molecule has 0 aliphatic rings. The zero-order valence-corrected chi connectivity index (χ0v) is 10.6. The molecule has 0 bridgehead atoms. The molecule has 0 heterocycles. The van der Waals surface area contributed by atoms with Gasteiger partial charge in [0.1, 0.15) is 0 Å². The first kappa shape index (κ1) is 13.6. The number of carbonyl (C=O) groups is 1. The van der Waals surface area contributed by atoms with Crippen LogP contribution in [0.25, 0.3) is 0 Å². The van der Waals surface area contributed by atoms with Gasteiger partial charge in [-0.2, -0.15) is 0 Å². The molecule has 0 atom stereocenters. The van der Waals surface area contributed by atoms with E-state index in [1.54, 1.807) is 0 Å². The summed E-state index contributed by atoms with van der Waals surface area (Å²) < 4.78 is 0. The molecule has 0 radical (unpaired) electrons. The van der Waals surface area contributed by atoms with Crippen molar-refractivity contribution in [3.8, 4) is 0 Å². The van der Waals surface area contributed by atoms with Gasteiger partial charge in [-0.05, 0) is 24.8 Å². The number of thiocarbonyl (C=S) groups is 1. The summed E-state index contributed by atoms with van der Waals surface area (Å²) in [5.74, 6) is 0.0616. The Bertz CT molecular complexity index is 365. The second-order valence-corrected chi connectivity index (χ2v) is 4.46. The predicted octanol–water partition coefficient (Wildman–Crippen LogP) is 1.80. The van der Waals surface area contributed by atoms with E-state index in [2.05, 4.69) is 5.32 Å². The zero-order chi connectivity index (χ0) is 12.5. The molecular formula is C13H18N2OS. The van der Waals surface area contributed by atoms with Gasteiger partial charge in [-0.15, -0.1) is 0 Å². The highest BCUT2D eigenvalue weighted by atomic mass is 32.1. The molecule has 0 fully saturated rings. The van der Waals surface area contributed by atoms with Gasteiger partial charge in [0, 0.05) is 6.54 Å².